The van der Waals surface area contributed by atoms with Crippen LogP contribution in [0.4, 0.5) is 4.79 Å². The van der Waals surface area contributed by atoms with Gasteiger partial charge in [0.25, 0.3) is 0 Å². The van der Waals surface area contributed by atoms with Crippen LogP contribution in [-0.2, 0) is 4.79 Å². The van der Waals surface area contributed by atoms with Gasteiger partial charge in [0.15, 0.2) is 0 Å². The molecule has 0 aliphatic heterocycles. The molecule has 104 valence electrons. The number of benzene rings is 1. The SMILES string of the molecule is CCN(C)C(=O)Oc1cccc([C@H](C)N(C)C=O)c1. The van der Waals surface area contributed by atoms with Gasteiger partial charge >= 0.3 is 6.09 Å². The number of rotatable bonds is 5. The van der Waals surface area contributed by atoms with Crippen molar-refractivity contribution in [1.82, 2.24) is 9.80 Å². The first kappa shape index (κ1) is 15.0. The number of carbonyl (C=O) groups excluding carboxylic acids is 2. The number of hydrogen-bond acceptors (Lipinski definition) is 3. The van der Waals surface area contributed by atoms with Gasteiger partial charge in [0, 0.05) is 20.6 Å². The molecular weight excluding hydrogens is 244 g/mol. The fourth-order valence-electron chi connectivity index (χ4n) is 1.47. The summed E-state index contributed by atoms with van der Waals surface area (Å²) in [4.78, 5) is 25.4. The molecule has 2 amide bonds. The van der Waals surface area contributed by atoms with E-state index in [2.05, 4.69) is 0 Å². The van der Waals surface area contributed by atoms with Crippen molar-refractivity contribution in [3.63, 3.8) is 0 Å². The monoisotopic (exact) mass is 264 g/mol. The summed E-state index contributed by atoms with van der Waals surface area (Å²) < 4.78 is 5.25. The molecular formula is C14H20N2O3. The number of amides is 2. The van der Waals surface area contributed by atoms with E-state index in [1.165, 1.54) is 4.90 Å². The highest BCUT2D eigenvalue weighted by Gasteiger charge is 2.13. The largest absolute Gasteiger partial charge is 0.414 e. The molecule has 1 aromatic rings. The van der Waals surface area contributed by atoms with Crippen molar-refractivity contribution < 1.29 is 14.3 Å². The number of carbonyl (C=O) groups is 2. The van der Waals surface area contributed by atoms with Crippen LogP contribution in [0, 0.1) is 0 Å². The molecule has 0 N–H and O–H groups in total. The molecule has 0 saturated heterocycles. The quantitative estimate of drug-likeness (QED) is 0.767. The van der Waals surface area contributed by atoms with Crippen LogP contribution in [0.15, 0.2) is 24.3 Å². The molecule has 0 fully saturated rings. The Balaban J connectivity index is 2.83. The van der Waals surface area contributed by atoms with Crippen LogP contribution in [0.25, 0.3) is 0 Å². The number of hydrogen-bond donors (Lipinski definition) is 0. The summed E-state index contributed by atoms with van der Waals surface area (Å²) in [5.41, 5.74) is 0.916. The van der Waals surface area contributed by atoms with Crippen LogP contribution >= 0.6 is 0 Å². The molecule has 0 saturated carbocycles. The maximum Gasteiger partial charge on any atom is 0.414 e. The van der Waals surface area contributed by atoms with Gasteiger partial charge in [-0.2, -0.15) is 0 Å². The van der Waals surface area contributed by atoms with Gasteiger partial charge in [0.2, 0.25) is 6.41 Å². The zero-order chi connectivity index (χ0) is 14.4. The van der Waals surface area contributed by atoms with Crippen molar-refractivity contribution in [3.8, 4) is 5.75 Å². The normalized spacial score (nSPS) is 11.6. The van der Waals surface area contributed by atoms with E-state index in [0.717, 1.165) is 12.0 Å². The summed E-state index contributed by atoms with van der Waals surface area (Å²) in [5.74, 6) is 0.481. The minimum atomic E-state index is -0.393. The molecule has 1 aromatic carbocycles. The fraction of sp³-hybridized carbons (Fsp3) is 0.429. The lowest BCUT2D eigenvalue weighted by Gasteiger charge is -2.21. The number of nitrogens with zero attached hydrogens (tertiary/aromatic N) is 2. The Bertz CT molecular complexity index is 448. The molecule has 5 nitrogen and oxygen atoms in total. The molecule has 0 heterocycles. The topological polar surface area (TPSA) is 49.9 Å². The third kappa shape index (κ3) is 3.98. The van der Waals surface area contributed by atoms with E-state index in [1.807, 2.05) is 19.9 Å². The van der Waals surface area contributed by atoms with E-state index in [-0.39, 0.29) is 6.04 Å². The molecule has 1 rings (SSSR count). The molecule has 0 unspecified atom stereocenters. The Labute approximate surface area is 113 Å². The molecule has 0 bridgehead atoms. The van der Waals surface area contributed by atoms with Crippen LogP contribution in [0.5, 0.6) is 5.75 Å². The summed E-state index contributed by atoms with van der Waals surface area (Å²) in [6, 6.07) is 7.12. The van der Waals surface area contributed by atoms with Crippen LogP contribution in [0.1, 0.15) is 25.5 Å². The average molecular weight is 264 g/mol. The third-order valence-electron chi connectivity index (χ3n) is 3.11. The van der Waals surface area contributed by atoms with E-state index in [0.29, 0.717) is 12.3 Å². The van der Waals surface area contributed by atoms with Gasteiger partial charge < -0.3 is 14.5 Å². The summed E-state index contributed by atoms with van der Waals surface area (Å²) in [6.45, 7) is 4.37. The van der Waals surface area contributed by atoms with E-state index in [1.54, 1.807) is 37.2 Å². The highest BCUT2D eigenvalue weighted by atomic mass is 16.6. The number of ether oxygens (including phenoxy) is 1. The third-order valence-corrected chi connectivity index (χ3v) is 3.11. The first-order chi connectivity index (χ1) is 8.99. The zero-order valence-electron chi connectivity index (χ0n) is 11.8. The van der Waals surface area contributed by atoms with Gasteiger partial charge in [-0.3, -0.25) is 4.79 Å². The second kappa shape index (κ2) is 6.78. The molecule has 5 heteroatoms. The van der Waals surface area contributed by atoms with Crippen LogP contribution in [0.3, 0.4) is 0 Å². The molecule has 0 radical (unpaired) electrons. The minimum Gasteiger partial charge on any atom is -0.410 e. The maximum absolute atomic E-state index is 11.7. The highest BCUT2D eigenvalue weighted by molar-refractivity contribution is 5.70. The smallest absolute Gasteiger partial charge is 0.410 e. The predicted octanol–water partition coefficient (Wildman–Crippen LogP) is 2.29. The Morgan fingerprint density at radius 2 is 2.11 bits per heavy atom. The summed E-state index contributed by atoms with van der Waals surface area (Å²) in [5, 5.41) is 0. The fourth-order valence-corrected chi connectivity index (χ4v) is 1.47. The highest BCUT2D eigenvalue weighted by Crippen LogP contribution is 2.22. The van der Waals surface area contributed by atoms with Crippen molar-refractivity contribution in [2.24, 2.45) is 0 Å². The van der Waals surface area contributed by atoms with Gasteiger partial charge in [-0.15, -0.1) is 0 Å². The van der Waals surface area contributed by atoms with Crippen molar-refractivity contribution in [2.45, 2.75) is 19.9 Å². The van der Waals surface area contributed by atoms with Crippen LogP contribution in [-0.4, -0.2) is 42.9 Å². The molecule has 19 heavy (non-hydrogen) atoms. The second-order valence-corrected chi connectivity index (χ2v) is 4.40. The van der Waals surface area contributed by atoms with Gasteiger partial charge in [-0.05, 0) is 31.5 Å². The first-order valence-corrected chi connectivity index (χ1v) is 6.19. The van der Waals surface area contributed by atoms with Crippen molar-refractivity contribution in [3.05, 3.63) is 29.8 Å². The summed E-state index contributed by atoms with van der Waals surface area (Å²) >= 11 is 0. The van der Waals surface area contributed by atoms with Gasteiger partial charge in [-0.25, -0.2) is 4.79 Å². The lowest BCUT2D eigenvalue weighted by molar-refractivity contribution is -0.118. The first-order valence-electron chi connectivity index (χ1n) is 6.19. The lowest BCUT2D eigenvalue weighted by Crippen LogP contribution is -2.29. The van der Waals surface area contributed by atoms with E-state index >= 15 is 0 Å². The van der Waals surface area contributed by atoms with Gasteiger partial charge in [0.05, 0.1) is 6.04 Å². The lowest BCUT2D eigenvalue weighted by atomic mass is 10.1. The Kier molecular flexibility index (Phi) is 5.36. The summed E-state index contributed by atoms with van der Waals surface area (Å²) in [6.07, 6.45) is 0.379. The standard InChI is InChI=1S/C14H20N2O3/c1-5-15(3)14(18)19-13-8-6-7-12(9-13)11(2)16(4)10-17/h6-11H,5H2,1-4H3/t11-/m0/s1. The Morgan fingerprint density at radius 1 is 1.42 bits per heavy atom. The van der Waals surface area contributed by atoms with Crippen molar-refractivity contribution in [1.29, 1.82) is 0 Å². The molecule has 0 spiro atoms. The Morgan fingerprint density at radius 3 is 2.68 bits per heavy atom. The zero-order valence-corrected chi connectivity index (χ0v) is 11.8. The molecule has 0 aliphatic rings. The van der Waals surface area contributed by atoms with Crippen LogP contribution < -0.4 is 4.74 Å². The van der Waals surface area contributed by atoms with E-state index in [9.17, 15) is 9.59 Å². The van der Waals surface area contributed by atoms with E-state index in [4.69, 9.17) is 4.74 Å². The second-order valence-electron chi connectivity index (χ2n) is 4.40. The maximum atomic E-state index is 11.7. The average Bonchev–Trinajstić information content (AvgIpc) is 2.44. The van der Waals surface area contributed by atoms with Crippen LogP contribution in [0.2, 0.25) is 0 Å². The van der Waals surface area contributed by atoms with E-state index < -0.39 is 6.09 Å². The van der Waals surface area contributed by atoms with Crippen molar-refractivity contribution in [2.75, 3.05) is 20.6 Å². The molecule has 1 atom stereocenters. The minimum absolute atomic E-state index is 0.0694. The van der Waals surface area contributed by atoms with Crippen molar-refractivity contribution >= 4 is 12.5 Å². The Hall–Kier alpha value is -2.04. The molecule has 0 aromatic heterocycles. The summed E-state index contributed by atoms with van der Waals surface area (Å²) in [7, 11) is 3.39. The predicted molar refractivity (Wildman–Crippen MR) is 73.0 cm³/mol. The molecule has 0 aliphatic carbocycles. The van der Waals surface area contributed by atoms with Gasteiger partial charge in [-0.1, -0.05) is 12.1 Å². The van der Waals surface area contributed by atoms with Gasteiger partial charge in [0.1, 0.15) is 5.75 Å².